The van der Waals surface area contributed by atoms with Gasteiger partial charge in [0.1, 0.15) is 5.84 Å². The zero-order valence-electron chi connectivity index (χ0n) is 16.2. The zero-order valence-corrected chi connectivity index (χ0v) is 17.0. The van der Waals surface area contributed by atoms with Gasteiger partial charge in [0.2, 0.25) is 5.91 Å². The number of hydrogen-bond acceptors (Lipinski definition) is 6. The molecular formula is C20H22N4O5S. The van der Waals surface area contributed by atoms with Crippen molar-refractivity contribution in [3.8, 4) is 0 Å². The number of nitro benzene ring substituents is 1. The number of rotatable bonds is 6. The van der Waals surface area contributed by atoms with Crippen molar-refractivity contribution in [2.45, 2.75) is 37.0 Å². The number of aliphatic imine (C=N–C) groups is 1. The molecule has 0 aliphatic carbocycles. The maximum absolute atomic E-state index is 12.5. The molecule has 0 bridgehead atoms. The Morgan fingerprint density at radius 1 is 1.03 bits per heavy atom. The molecule has 0 aromatic heterocycles. The topological polar surface area (TPSA) is 131 Å². The van der Waals surface area contributed by atoms with Crippen LogP contribution in [0.1, 0.15) is 31.2 Å². The summed E-state index contributed by atoms with van der Waals surface area (Å²) in [5.41, 5.74) is 1.04. The van der Waals surface area contributed by atoms with Crippen molar-refractivity contribution in [2.24, 2.45) is 4.99 Å². The van der Waals surface area contributed by atoms with Gasteiger partial charge in [0, 0.05) is 30.8 Å². The third-order valence-electron chi connectivity index (χ3n) is 4.59. The van der Waals surface area contributed by atoms with Crippen LogP contribution in [0.15, 0.2) is 58.4 Å². The van der Waals surface area contributed by atoms with Gasteiger partial charge in [-0.15, -0.1) is 0 Å². The standard InChI is InChI=1S/C20H22N4O5S/c25-20(14-15-5-9-17(10-6-15)24(26)27)22-16-7-11-18(12-8-16)30(28,29)23-19-4-2-1-3-13-21-19/h5-12H,1-4,13-14H2,(H,21,23)(H,22,25). The first-order valence-electron chi connectivity index (χ1n) is 9.53. The molecule has 2 aromatic rings. The third-order valence-corrected chi connectivity index (χ3v) is 5.98. The number of nitrogens with zero attached hydrogens (tertiary/aromatic N) is 2. The molecular weight excluding hydrogens is 408 g/mol. The van der Waals surface area contributed by atoms with E-state index in [-0.39, 0.29) is 22.9 Å². The smallest absolute Gasteiger partial charge is 0.269 e. The lowest BCUT2D eigenvalue weighted by Crippen LogP contribution is -2.30. The number of hydrogen-bond donors (Lipinski definition) is 2. The van der Waals surface area contributed by atoms with Gasteiger partial charge >= 0.3 is 0 Å². The molecule has 0 saturated carbocycles. The fourth-order valence-corrected chi connectivity index (χ4v) is 4.10. The molecule has 1 amide bonds. The molecule has 10 heteroatoms. The minimum Gasteiger partial charge on any atom is -0.326 e. The van der Waals surface area contributed by atoms with Crippen LogP contribution >= 0.6 is 0 Å². The Morgan fingerprint density at radius 2 is 1.73 bits per heavy atom. The van der Waals surface area contributed by atoms with E-state index in [1.165, 1.54) is 48.5 Å². The van der Waals surface area contributed by atoms with E-state index in [0.29, 0.717) is 30.1 Å². The van der Waals surface area contributed by atoms with Gasteiger partial charge in [0.05, 0.1) is 16.2 Å². The first-order valence-corrected chi connectivity index (χ1v) is 11.0. The summed E-state index contributed by atoms with van der Waals surface area (Å²) in [6.45, 7) is 0.623. The van der Waals surface area contributed by atoms with Crippen LogP contribution in [0.5, 0.6) is 0 Å². The third kappa shape index (κ3) is 5.86. The Labute approximate surface area is 174 Å². The van der Waals surface area contributed by atoms with Crippen molar-refractivity contribution in [1.29, 1.82) is 0 Å². The van der Waals surface area contributed by atoms with Gasteiger partial charge in [-0.2, -0.15) is 0 Å². The van der Waals surface area contributed by atoms with Crippen LogP contribution in [0.25, 0.3) is 0 Å². The minimum atomic E-state index is -3.73. The van der Waals surface area contributed by atoms with Crippen LogP contribution in [0.2, 0.25) is 0 Å². The molecule has 1 heterocycles. The summed E-state index contributed by atoms with van der Waals surface area (Å²) >= 11 is 0. The summed E-state index contributed by atoms with van der Waals surface area (Å²) in [4.78, 5) is 26.7. The second-order valence-corrected chi connectivity index (χ2v) is 8.60. The summed E-state index contributed by atoms with van der Waals surface area (Å²) < 4.78 is 27.6. The molecule has 2 aromatic carbocycles. The maximum Gasteiger partial charge on any atom is 0.269 e. The van der Waals surface area contributed by atoms with Crippen LogP contribution in [-0.4, -0.2) is 31.6 Å². The number of amides is 1. The number of non-ortho nitro benzene ring substituents is 1. The molecule has 0 unspecified atom stereocenters. The molecule has 0 fully saturated rings. The van der Waals surface area contributed by atoms with Crippen molar-refractivity contribution in [1.82, 2.24) is 4.72 Å². The predicted octanol–water partition coefficient (Wildman–Crippen LogP) is 3.03. The highest BCUT2D eigenvalue weighted by molar-refractivity contribution is 7.90. The molecule has 1 aliphatic heterocycles. The Bertz CT molecular complexity index is 1050. The second kappa shape index (κ2) is 9.49. The van der Waals surface area contributed by atoms with Crippen LogP contribution < -0.4 is 10.0 Å². The highest BCUT2D eigenvalue weighted by Crippen LogP contribution is 2.17. The average molecular weight is 430 g/mol. The van der Waals surface area contributed by atoms with E-state index in [0.717, 1.165) is 19.3 Å². The molecule has 0 saturated heterocycles. The van der Waals surface area contributed by atoms with E-state index in [1.54, 1.807) is 0 Å². The van der Waals surface area contributed by atoms with Gasteiger partial charge in [-0.05, 0) is 42.7 Å². The van der Waals surface area contributed by atoms with E-state index < -0.39 is 14.9 Å². The first-order chi connectivity index (χ1) is 14.3. The summed E-state index contributed by atoms with van der Waals surface area (Å²) in [6.07, 6.45) is 3.54. The van der Waals surface area contributed by atoms with Crippen LogP contribution in [0, 0.1) is 10.1 Å². The monoisotopic (exact) mass is 430 g/mol. The number of anilines is 1. The molecule has 158 valence electrons. The summed E-state index contributed by atoms with van der Waals surface area (Å²) in [6, 6.07) is 11.6. The van der Waals surface area contributed by atoms with Crippen LogP contribution in [0.3, 0.4) is 0 Å². The molecule has 30 heavy (non-hydrogen) atoms. The summed E-state index contributed by atoms with van der Waals surface area (Å²) in [5.74, 6) is 0.165. The first kappa shape index (κ1) is 21.4. The molecule has 0 spiro atoms. The van der Waals surface area contributed by atoms with Crippen molar-refractivity contribution in [2.75, 3.05) is 11.9 Å². The van der Waals surface area contributed by atoms with Crippen LogP contribution in [-0.2, 0) is 21.2 Å². The lowest BCUT2D eigenvalue weighted by atomic mass is 10.1. The largest absolute Gasteiger partial charge is 0.326 e. The quantitative estimate of drug-likeness (QED) is 0.537. The fraction of sp³-hybridized carbons (Fsp3) is 0.300. The molecule has 0 radical (unpaired) electrons. The maximum atomic E-state index is 12.5. The number of carbonyl (C=O) groups is 1. The van der Waals surface area contributed by atoms with E-state index in [1.807, 2.05) is 0 Å². The highest BCUT2D eigenvalue weighted by Gasteiger charge is 2.17. The number of benzene rings is 2. The normalized spacial score (nSPS) is 14.3. The Balaban J connectivity index is 1.60. The summed E-state index contributed by atoms with van der Waals surface area (Å²) in [5, 5.41) is 13.4. The molecule has 3 rings (SSSR count). The average Bonchev–Trinajstić information content (AvgIpc) is 2.97. The number of amidine groups is 1. The Hall–Kier alpha value is -3.27. The Morgan fingerprint density at radius 3 is 2.40 bits per heavy atom. The van der Waals surface area contributed by atoms with Crippen molar-refractivity contribution in [3.63, 3.8) is 0 Å². The lowest BCUT2D eigenvalue weighted by Gasteiger charge is -2.11. The fourth-order valence-electron chi connectivity index (χ4n) is 3.01. The van der Waals surface area contributed by atoms with Crippen molar-refractivity contribution < 1.29 is 18.1 Å². The highest BCUT2D eigenvalue weighted by atomic mass is 32.2. The molecule has 0 atom stereocenters. The van der Waals surface area contributed by atoms with E-state index in [2.05, 4.69) is 15.0 Å². The summed E-state index contributed by atoms with van der Waals surface area (Å²) in [7, 11) is -3.73. The predicted molar refractivity (Wildman–Crippen MR) is 113 cm³/mol. The molecule has 2 N–H and O–H groups in total. The lowest BCUT2D eigenvalue weighted by molar-refractivity contribution is -0.384. The number of nitrogens with one attached hydrogen (secondary N) is 2. The van der Waals surface area contributed by atoms with Gasteiger partial charge in [0.15, 0.2) is 0 Å². The van der Waals surface area contributed by atoms with Crippen molar-refractivity contribution >= 4 is 33.1 Å². The second-order valence-electron chi connectivity index (χ2n) is 6.92. The van der Waals surface area contributed by atoms with E-state index in [9.17, 15) is 23.3 Å². The van der Waals surface area contributed by atoms with Gasteiger partial charge in [-0.25, -0.2) is 8.42 Å². The van der Waals surface area contributed by atoms with E-state index >= 15 is 0 Å². The van der Waals surface area contributed by atoms with Gasteiger partial charge < -0.3 is 5.32 Å². The van der Waals surface area contributed by atoms with Crippen molar-refractivity contribution in [3.05, 3.63) is 64.2 Å². The zero-order chi connectivity index (χ0) is 21.6. The number of carbonyl (C=O) groups excluding carboxylic acids is 1. The Kier molecular flexibility index (Phi) is 6.78. The molecule has 9 nitrogen and oxygen atoms in total. The van der Waals surface area contributed by atoms with Gasteiger partial charge in [-0.3, -0.25) is 24.6 Å². The van der Waals surface area contributed by atoms with Crippen LogP contribution in [0.4, 0.5) is 11.4 Å². The van der Waals surface area contributed by atoms with E-state index in [4.69, 9.17) is 0 Å². The van der Waals surface area contributed by atoms with Gasteiger partial charge in [-0.1, -0.05) is 18.6 Å². The SMILES string of the molecule is O=C(Cc1ccc([N+](=O)[O-])cc1)Nc1ccc(S(=O)(=O)NC2=NCCCCC2)cc1. The van der Waals surface area contributed by atoms with Gasteiger partial charge in [0.25, 0.3) is 15.7 Å². The minimum absolute atomic E-state index is 0.0411. The molecule has 1 aliphatic rings. The number of nitro groups is 1. The number of sulfonamides is 1.